The predicted octanol–water partition coefficient (Wildman–Crippen LogP) is 2.26. The number of hydrogen-bond acceptors (Lipinski definition) is 3. The van der Waals surface area contributed by atoms with Crippen LogP contribution in [0.25, 0.3) is 0 Å². The molecule has 0 aliphatic carbocycles. The topological polar surface area (TPSA) is 38.0 Å². The van der Waals surface area contributed by atoms with Crippen LogP contribution in [0.5, 0.6) is 0 Å². The summed E-state index contributed by atoms with van der Waals surface area (Å²) in [4.78, 5) is 1.33. The molecule has 1 aromatic carbocycles. The maximum atomic E-state index is 5.31. The number of benzene rings is 1. The van der Waals surface area contributed by atoms with Gasteiger partial charge in [-0.2, -0.15) is 0 Å². The predicted molar refractivity (Wildman–Crippen MR) is 55.4 cm³/mol. The van der Waals surface area contributed by atoms with E-state index in [9.17, 15) is 0 Å². The van der Waals surface area contributed by atoms with Crippen LogP contribution in [0.4, 0.5) is 5.69 Å². The van der Waals surface area contributed by atoms with Crippen LogP contribution in [-0.2, 0) is 6.42 Å². The maximum Gasteiger partial charge on any atom is 0.0488 e. The van der Waals surface area contributed by atoms with Crippen LogP contribution in [-0.4, -0.2) is 6.26 Å². The van der Waals surface area contributed by atoms with Gasteiger partial charge in [-0.1, -0.05) is 6.92 Å². The summed E-state index contributed by atoms with van der Waals surface area (Å²) < 4.78 is 0. The van der Waals surface area contributed by atoms with Crippen molar-refractivity contribution in [3.8, 4) is 0 Å². The molecule has 0 saturated carbocycles. The smallest absolute Gasteiger partial charge is 0.0488 e. The normalized spacial score (nSPS) is 9.92. The van der Waals surface area contributed by atoms with E-state index in [0.29, 0.717) is 0 Å². The number of nitrogens with two attached hydrogens (primary N) is 1. The first-order valence-electron chi connectivity index (χ1n) is 3.95. The highest BCUT2D eigenvalue weighted by atomic mass is 32.2. The third-order valence-corrected chi connectivity index (χ3v) is 2.67. The number of nitrogens with one attached hydrogen (secondary N) is 1. The second kappa shape index (κ2) is 4.38. The number of aryl methyl sites for hydroxylation is 1. The van der Waals surface area contributed by atoms with Gasteiger partial charge >= 0.3 is 0 Å². The average molecular weight is 182 g/mol. The first kappa shape index (κ1) is 9.42. The minimum Gasteiger partial charge on any atom is -0.324 e. The van der Waals surface area contributed by atoms with Crippen LogP contribution in [0, 0.1) is 0 Å². The zero-order valence-electron chi connectivity index (χ0n) is 7.42. The Bertz CT molecular complexity index is 261. The second-order valence-corrected chi connectivity index (χ2v) is 3.37. The van der Waals surface area contributed by atoms with E-state index in [1.54, 1.807) is 11.8 Å². The number of hydrazine groups is 1. The van der Waals surface area contributed by atoms with Crippen LogP contribution in [0.3, 0.4) is 0 Å². The third-order valence-electron chi connectivity index (χ3n) is 1.83. The van der Waals surface area contributed by atoms with Gasteiger partial charge in [0.1, 0.15) is 0 Å². The van der Waals surface area contributed by atoms with Crippen molar-refractivity contribution in [3.63, 3.8) is 0 Å². The van der Waals surface area contributed by atoms with Crippen LogP contribution >= 0.6 is 11.8 Å². The minimum absolute atomic E-state index is 0.977. The lowest BCUT2D eigenvalue weighted by Crippen LogP contribution is -2.06. The van der Waals surface area contributed by atoms with E-state index in [0.717, 1.165) is 12.1 Å². The van der Waals surface area contributed by atoms with Crippen LogP contribution in [0.2, 0.25) is 0 Å². The van der Waals surface area contributed by atoms with E-state index < -0.39 is 0 Å². The van der Waals surface area contributed by atoms with Crippen molar-refractivity contribution in [2.45, 2.75) is 18.2 Å². The van der Waals surface area contributed by atoms with Gasteiger partial charge < -0.3 is 5.43 Å². The molecule has 1 rings (SSSR count). The highest BCUT2D eigenvalue weighted by Gasteiger charge is 1.99. The molecule has 3 heteroatoms. The van der Waals surface area contributed by atoms with E-state index in [1.165, 1.54) is 10.5 Å². The zero-order valence-corrected chi connectivity index (χ0v) is 8.24. The maximum absolute atomic E-state index is 5.31. The molecular formula is C9H14N2S. The third kappa shape index (κ3) is 1.93. The molecule has 0 bridgehead atoms. The molecule has 2 nitrogen and oxygen atoms in total. The Morgan fingerprint density at radius 1 is 1.50 bits per heavy atom. The fraction of sp³-hybridized carbons (Fsp3) is 0.333. The molecule has 3 N–H and O–H groups in total. The lowest BCUT2D eigenvalue weighted by Gasteiger charge is -2.07. The average Bonchev–Trinajstić information content (AvgIpc) is 2.16. The van der Waals surface area contributed by atoms with Gasteiger partial charge in [-0.15, -0.1) is 11.8 Å². The number of rotatable bonds is 3. The van der Waals surface area contributed by atoms with Crippen molar-refractivity contribution >= 4 is 17.4 Å². The quantitative estimate of drug-likeness (QED) is 0.428. The summed E-state index contributed by atoms with van der Waals surface area (Å²) in [5.41, 5.74) is 4.97. The molecule has 0 fully saturated rings. The Kier molecular flexibility index (Phi) is 3.44. The van der Waals surface area contributed by atoms with Gasteiger partial charge in [-0.3, -0.25) is 5.84 Å². The molecule has 0 aliphatic heterocycles. The Hall–Kier alpha value is -0.670. The lowest BCUT2D eigenvalue weighted by atomic mass is 10.1. The van der Waals surface area contributed by atoms with Crippen molar-refractivity contribution in [2.75, 3.05) is 11.7 Å². The largest absolute Gasteiger partial charge is 0.324 e. The van der Waals surface area contributed by atoms with Gasteiger partial charge in [0.2, 0.25) is 0 Å². The molecule has 66 valence electrons. The highest BCUT2D eigenvalue weighted by molar-refractivity contribution is 7.98. The van der Waals surface area contributed by atoms with Gasteiger partial charge in [0.25, 0.3) is 0 Å². The van der Waals surface area contributed by atoms with Gasteiger partial charge in [-0.25, -0.2) is 0 Å². The Morgan fingerprint density at radius 2 is 2.25 bits per heavy atom. The molecule has 0 unspecified atom stereocenters. The van der Waals surface area contributed by atoms with E-state index >= 15 is 0 Å². The Morgan fingerprint density at radius 3 is 2.75 bits per heavy atom. The Balaban J connectivity index is 3.02. The minimum atomic E-state index is 0.977. The summed E-state index contributed by atoms with van der Waals surface area (Å²) in [7, 11) is 0. The number of nitrogen functional groups attached to an aromatic ring is 1. The summed E-state index contributed by atoms with van der Waals surface area (Å²) in [5.74, 6) is 5.31. The zero-order chi connectivity index (χ0) is 8.97. The molecule has 1 aromatic rings. The van der Waals surface area contributed by atoms with Gasteiger partial charge in [0.15, 0.2) is 0 Å². The fourth-order valence-electron chi connectivity index (χ4n) is 1.14. The molecule has 0 heterocycles. The molecule has 0 amide bonds. The van der Waals surface area contributed by atoms with E-state index in [-0.39, 0.29) is 0 Å². The van der Waals surface area contributed by atoms with E-state index in [4.69, 9.17) is 5.84 Å². The summed E-state index contributed by atoms with van der Waals surface area (Å²) in [6, 6.07) is 6.18. The molecular weight excluding hydrogens is 168 g/mol. The van der Waals surface area contributed by atoms with Crippen LogP contribution in [0.1, 0.15) is 12.5 Å². The van der Waals surface area contributed by atoms with Crippen LogP contribution < -0.4 is 11.3 Å². The first-order chi connectivity index (χ1) is 5.81. The van der Waals surface area contributed by atoms with Gasteiger partial charge in [-0.05, 0) is 36.4 Å². The summed E-state index contributed by atoms with van der Waals surface area (Å²) in [6.45, 7) is 2.15. The standard InChI is InChI=1S/C9H14N2S/c1-3-7-6-8(11-10)4-5-9(7)12-2/h4-6,11H,3,10H2,1-2H3. The summed E-state index contributed by atoms with van der Waals surface area (Å²) in [5, 5.41) is 0. The summed E-state index contributed by atoms with van der Waals surface area (Å²) >= 11 is 1.77. The van der Waals surface area contributed by atoms with E-state index in [2.05, 4.69) is 30.7 Å². The highest BCUT2D eigenvalue weighted by Crippen LogP contribution is 2.23. The number of hydrogen-bond donors (Lipinski definition) is 2. The lowest BCUT2D eigenvalue weighted by molar-refractivity contribution is 1.08. The molecule has 0 radical (unpaired) electrons. The molecule has 0 saturated heterocycles. The van der Waals surface area contributed by atoms with Crippen molar-refractivity contribution in [3.05, 3.63) is 23.8 Å². The molecule has 0 spiro atoms. The van der Waals surface area contributed by atoms with Gasteiger partial charge in [0, 0.05) is 10.6 Å². The van der Waals surface area contributed by atoms with E-state index in [1.807, 2.05) is 6.07 Å². The molecule has 0 atom stereocenters. The van der Waals surface area contributed by atoms with Gasteiger partial charge in [0.05, 0.1) is 0 Å². The van der Waals surface area contributed by atoms with Crippen molar-refractivity contribution in [1.29, 1.82) is 0 Å². The monoisotopic (exact) mass is 182 g/mol. The first-order valence-corrected chi connectivity index (χ1v) is 5.17. The van der Waals surface area contributed by atoms with Crippen molar-refractivity contribution in [1.82, 2.24) is 0 Å². The van der Waals surface area contributed by atoms with Crippen molar-refractivity contribution < 1.29 is 0 Å². The SMILES string of the molecule is CCc1cc(NN)ccc1SC. The molecule has 0 aliphatic rings. The number of anilines is 1. The molecule has 0 aromatic heterocycles. The summed E-state index contributed by atoms with van der Waals surface area (Å²) in [6.07, 6.45) is 3.13. The van der Waals surface area contributed by atoms with Crippen molar-refractivity contribution in [2.24, 2.45) is 5.84 Å². The van der Waals surface area contributed by atoms with Crippen LogP contribution in [0.15, 0.2) is 23.1 Å². The second-order valence-electron chi connectivity index (χ2n) is 2.52. The number of thioether (sulfide) groups is 1. The Labute approximate surface area is 77.5 Å². The molecule has 12 heavy (non-hydrogen) atoms. The fourth-order valence-corrected chi connectivity index (χ4v) is 1.81.